The molecule has 0 unspecified atom stereocenters. The number of aromatic nitrogens is 3. The maximum Gasteiger partial charge on any atom is 0.191 e. The van der Waals surface area contributed by atoms with Crippen molar-refractivity contribution < 1.29 is 0 Å². The van der Waals surface area contributed by atoms with Crippen molar-refractivity contribution in [1.82, 2.24) is 25.2 Å². The highest BCUT2D eigenvalue weighted by molar-refractivity contribution is 14.0. The Morgan fingerprint density at radius 3 is 2.55 bits per heavy atom. The van der Waals surface area contributed by atoms with Crippen LogP contribution in [-0.4, -0.2) is 27.0 Å². The molecular weight excluding hydrogens is 495 g/mol. The first-order chi connectivity index (χ1) is 13.6. The summed E-state index contributed by atoms with van der Waals surface area (Å²) in [5.74, 6) is 1.27. The van der Waals surface area contributed by atoms with E-state index in [0.717, 1.165) is 29.8 Å². The van der Waals surface area contributed by atoms with Crippen LogP contribution in [0.2, 0.25) is 0 Å². The Labute approximate surface area is 193 Å². The highest BCUT2D eigenvalue weighted by atomic mass is 127. The molecule has 156 valence electrons. The summed E-state index contributed by atoms with van der Waals surface area (Å²) in [6.45, 7) is 9.38. The molecule has 0 radical (unpaired) electrons. The third-order valence-electron chi connectivity index (χ3n) is 4.28. The minimum atomic E-state index is 0. The van der Waals surface area contributed by atoms with Crippen molar-refractivity contribution in [1.29, 1.82) is 0 Å². The molecule has 0 atom stereocenters. The van der Waals surface area contributed by atoms with E-state index in [9.17, 15) is 0 Å². The van der Waals surface area contributed by atoms with E-state index in [0.29, 0.717) is 19.0 Å². The summed E-state index contributed by atoms with van der Waals surface area (Å²) in [6.07, 6.45) is 5.60. The lowest BCUT2D eigenvalue weighted by atomic mass is 10.1. The first kappa shape index (κ1) is 23.3. The van der Waals surface area contributed by atoms with Crippen LogP contribution in [-0.2, 0) is 19.6 Å². The summed E-state index contributed by atoms with van der Waals surface area (Å²) < 4.78 is 2.06. The largest absolute Gasteiger partial charge is 0.357 e. The fourth-order valence-electron chi connectivity index (χ4n) is 2.68. The van der Waals surface area contributed by atoms with Crippen LogP contribution >= 0.6 is 35.3 Å². The summed E-state index contributed by atoms with van der Waals surface area (Å²) >= 11 is 1.69. The van der Waals surface area contributed by atoms with Crippen molar-refractivity contribution in [2.75, 3.05) is 6.54 Å². The second kappa shape index (κ2) is 11.9. The van der Waals surface area contributed by atoms with Crippen LogP contribution in [0.4, 0.5) is 0 Å². The molecule has 2 aromatic heterocycles. The smallest absolute Gasteiger partial charge is 0.191 e. The number of aliphatic imine (C=N–C) groups is 1. The molecule has 0 saturated carbocycles. The number of nitrogens with one attached hydrogen (secondary N) is 2. The molecule has 2 N–H and O–H groups in total. The number of rotatable bonds is 8. The van der Waals surface area contributed by atoms with Crippen LogP contribution in [0.25, 0.3) is 0 Å². The van der Waals surface area contributed by atoms with E-state index < -0.39 is 0 Å². The lowest BCUT2D eigenvalue weighted by molar-refractivity contribution is 0.787. The van der Waals surface area contributed by atoms with Crippen molar-refractivity contribution in [3.05, 3.63) is 70.2 Å². The third-order valence-corrected chi connectivity index (χ3v) is 5.15. The summed E-state index contributed by atoms with van der Waals surface area (Å²) in [6, 6.07) is 8.56. The van der Waals surface area contributed by atoms with Gasteiger partial charge >= 0.3 is 0 Å². The SMILES string of the molecule is CCNC(=NCc1ccc(Cn2ccnc2)cc1)NCc1nc(C(C)C)cs1.I. The standard InChI is InChI=1S/C21H28N6S.HI/c1-4-23-21(25-12-20-26-19(14-28-20)16(2)3)24-11-17-5-7-18(8-6-17)13-27-10-9-22-15-27;/h5-10,14-16H,4,11-13H2,1-3H3,(H2,23,24,25);1H. The zero-order valence-electron chi connectivity index (χ0n) is 17.1. The molecule has 0 aliphatic carbocycles. The third kappa shape index (κ3) is 7.43. The Morgan fingerprint density at radius 1 is 1.17 bits per heavy atom. The molecule has 0 aliphatic heterocycles. The normalized spacial score (nSPS) is 11.4. The Kier molecular flexibility index (Phi) is 9.59. The second-order valence-corrected chi connectivity index (χ2v) is 7.86. The van der Waals surface area contributed by atoms with E-state index in [1.165, 1.54) is 11.1 Å². The Hall–Kier alpha value is -1.94. The van der Waals surface area contributed by atoms with E-state index in [2.05, 4.69) is 75.6 Å². The molecule has 1 aromatic carbocycles. The van der Waals surface area contributed by atoms with Gasteiger partial charge in [0, 0.05) is 30.9 Å². The number of thiazole rings is 1. The zero-order valence-corrected chi connectivity index (χ0v) is 20.3. The number of hydrogen-bond donors (Lipinski definition) is 2. The monoisotopic (exact) mass is 524 g/mol. The van der Waals surface area contributed by atoms with Gasteiger partial charge in [-0.3, -0.25) is 0 Å². The van der Waals surface area contributed by atoms with Crippen molar-refractivity contribution in [3.8, 4) is 0 Å². The second-order valence-electron chi connectivity index (χ2n) is 6.92. The minimum absolute atomic E-state index is 0. The summed E-state index contributed by atoms with van der Waals surface area (Å²) in [4.78, 5) is 13.4. The number of imidazole rings is 1. The number of hydrogen-bond acceptors (Lipinski definition) is 4. The van der Waals surface area contributed by atoms with Crippen molar-refractivity contribution in [3.63, 3.8) is 0 Å². The molecule has 0 aliphatic rings. The first-order valence-corrected chi connectivity index (χ1v) is 10.5. The van der Waals surface area contributed by atoms with Gasteiger partial charge in [-0.05, 0) is 24.0 Å². The molecule has 0 amide bonds. The first-order valence-electron chi connectivity index (χ1n) is 9.64. The molecule has 8 heteroatoms. The Bertz CT molecular complexity index is 871. The van der Waals surface area contributed by atoms with Gasteiger partial charge in [-0.1, -0.05) is 38.1 Å². The van der Waals surface area contributed by atoms with Gasteiger partial charge in [-0.15, -0.1) is 35.3 Å². The van der Waals surface area contributed by atoms with Gasteiger partial charge in [-0.25, -0.2) is 15.0 Å². The molecule has 29 heavy (non-hydrogen) atoms. The zero-order chi connectivity index (χ0) is 19.8. The van der Waals surface area contributed by atoms with Crippen LogP contribution in [0, 0.1) is 0 Å². The molecular formula is C21H29IN6S. The van der Waals surface area contributed by atoms with E-state index in [4.69, 9.17) is 4.99 Å². The quantitative estimate of drug-likeness (QED) is 0.261. The number of nitrogens with zero attached hydrogens (tertiary/aromatic N) is 4. The average Bonchev–Trinajstić information content (AvgIpc) is 3.37. The van der Waals surface area contributed by atoms with Crippen LogP contribution in [0.5, 0.6) is 0 Å². The van der Waals surface area contributed by atoms with Gasteiger partial charge < -0.3 is 15.2 Å². The van der Waals surface area contributed by atoms with Crippen molar-refractivity contribution >= 4 is 41.3 Å². The Balaban J connectivity index is 0.00000300. The van der Waals surface area contributed by atoms with E-state index in [1.54, 1.807) is 17.5 Å². The highest BCUT2D eigenvalue weighted by Crippen LogP contribution is 2.17. The van der Waals surface area contributed by atoms with Gasteiger partial charge in [0.1, 0.15) is 5.01 Å². The fourth-order valence-corrected chi connectivity index (χ4v) is 3.58. The topological polar surface area (TPSA) is 67.1 Å². The van der Waals surface area contributed by atoms with Gasteiger partial charge in [0.15, 0.2) is 5.96 Å². The highest BCUT2D eigenvalue weighted by Gasteiger charge is 2.06. The number of guanidine groups is 1. The molecule has 3 rings (SSSR count). The predicted octanol–water partition coefficient (Wildman–Crippen LogP) is 4.38. The van der Waals surface area contributed by atoms with Gasteiger partial charge in [-0.2, -0.15) is 0 Å². The Morgan fingerprint density at radius 2 is 1.93 bits per heavy atom. The molecule has 0 spiro atoms. The molecule has 2 heterocycles. The van der Waals surface area contributed by atoms with Gasteiger partial charge in [0.2, 0.25) is 0 Å². The summed E-state index contributed by atoms with van der Waals surface area (Å²) in [5.41, 5.74) is 3.59. The molecule has 0 bridgehead atoms. The van der Waals surface area contributed by atoms with Crippen LogP contribution in [0.15, 0.2) is 53.4 Å². The van der Waals surface area contributed by atoms with E-state index in [1.807, 2.05) is 12.5 Å². The van der Waals surface area contributed by atoms with Gasteiger partial charge in [0.05, 0.1) is 25.1 Å². The maximum atomic E-state index is 4.70. The van der Waals surface area contributed by atoms with Crippen molar-refractivity contribution in [2.24, 2.45) is 4.99 Å². The molecule has 0 fully saturated rings. The average molecular weight is 524 g/mol. The number of benzene rings is 1. The van der Waals surface area contributed by atoms with Crippen LogP contribution < -0.4 is 10.6 Å². The van der Waals surface area contributed by atoms with Crippen LogP contribution in [0.3, 0.4) is 0 Å². The number of halogens is 1. The molecule has 3 aromatic rings. The van der Waals surface area contributed by atoms with Crippen LogP contribution in [0.1, 0.15) is 48.5 Å². The predicted molar refractivity (Wildman–Crippen MR) is 131 cm³/mol. The fraction of sp³-hybridized carbons (Fsp3) is 0.381. The van der Waals surface area contributed by atoms with Gasteiger partial charge in [0.25, 0.3) is 0 Å². The summed E-state index contributed by atoms with van der Waals surface area (Å²) in [7, 11) is 0. The minimum Gasteiger partial charge on any atom is -0.357 e. The van der Waals surface area contributed by atoms with E-state index in [-0.39, 0.29) is 24.0 Å². The molecule has 6 nitrogen and oxygen atoms in total. The van der Waals surface area contributed by atoms with Crippen molar-refractivity contribution in [2.45, 2.75) is 46.3 Å². The summed E-state index contributed by atoms with van der Waals surface area (Å²) in [5, 5.41) is 9.89. The molecule has 0 saturated heterocycles. The van der Waals surface area contributed by atoms with E-state index >= 15 is 0 Å². The maximum absolute atomic E-state index is 4.70. The lowest BCUT2D eigenvalue weighted by Crippen LogP contribution is -2.36. The lowest BCUT2D eigenvalue weighted by Gasteiger charge is -2.10.